The monoisotopic (exact) mass is 315 g/mol. The lowest BCUT2D eigenvalue weighted by Gasteiger charge is -2.17. The molecular weight excluding hydrogens is 286 g/mol. The predicted octanol–water partition coefficient (Wildman–Crippen LogP) is 2.15. The van der Waals surface area contributed by atoms with Gasteiger partial charge in [-0.2, -0.15) is 0 Å². The molecule has 0 atom stereocenters. The summed E-state index contributed by atoms with van der Waals surface area (Å²) in [6, 6.07) is 0. The summed E-state index contributed by atoms with van der Waals surface area (Å²) in [6.45, 7) is 14.0. The predicted molar refractivity (Wildman–Crippen MR) is 86.9 cm³/mol. The number of carboxylic acid groups (broad SMARTS) is 2. The number of carbonyl (C=O) groups is 2. The van der Waals surface area contributed by atoms with Gasteiger partial charge in [0.1, 0.15) is 0 Å². The van der Waals surface area contributed by atoms with Crippen LogP contribution in [0.3, 0.4) is 0 Å². The van der Waals surface area contributed by atoms with Gasteiger partial charge >= 0.3 is 11.9 Å². The van der Waals surface area contributed by atoms with Gasteiger partial charge in [-0.3, -0.25) is 0 Å². The fraction of sp³-hybridized carbons (Fsp3) is 0.625. The van der Waals surface area contributed by atoms with E-state index in [1.807, 2.05) is 0 Å². The normalized spacial score (nSPS) is 9.82. The molecule has 6 heteroatoms. The molecule has 0 aromatic rings. The SMILES string of the molecule is C=C(CCCN(CC)CC)C(=O)O.C=C(CCCO)C(=O)O. The number of aliphatic hydroxyl groups is 1. The molecule has 0 heterocycles. The Labute approximate surface area is 132 Å². The van der Waals surface area contributed by atoms with Crippen LogP contribution in [0.25, 0.3) is 0 Å². The first-order valence-electron chi connectivity index (χ1n) is 7.45. The lowest BCUT2D eigenvalue weighted by Crippen LogP contribution is -2.24. The molecule has 3 N–H and O–H groups in total. The Morgan fingerprint density at radius 1 is 0.909 bits per heavy atom. The molecule has 0 bridgehead atoms. The number of hydrogen-bond donors (Lipinski definition) is 3. The third kappa shape index (κ3) is 13.3. The fourth-order valence-electron chi connectivity index (χ4n) is 1.56. The third-order valence-corrected chi connectivity index (χ3v) is 3.09. The Morgan fingerprint density at radius 2 is 1.32 bits per heavy atom. The summed E-state index contributed by atoms with van der Waals surface area (Å²) in [6.07, 6.45) is 2.32. The number of rotatable bonds is 11. The fourth-order valence-corrected chi connectivity index (χ4v) is 1.56. The lowest BCUT2D eigenvalue weighted by atomic mass is 10.1. The van der Waals surface area contributed by atoms with Crippen molar-refractivity contribution in [2.24, 2.45) is 0 Å². The maximum atomic E-state index is 10.4. The summed E-state index contributed by atoms with van der Waals surface area (Å²) in [7, 11) is 0. The van der Waals surface area contributed by atoms with Gasteiger partial charge in [-0.1, -0.05) is 27.0 Å². The first-order valence-corrected chi connectivity index (χ1v) is 7.45. The van der Waals surface area contributed by atoms with Gasteiger partial charge in [-0.25, -0.2) is 9.59 Å². The molecule has 0 aliphatic rings. The van der Waals surface area contributed by atoms with E-state index in [2.05, 4.69) is 31.9 Å². The number of hydrogen-bond acceptors (Lipinski definition) is 4. The molecule has 0 saturated carbocycles. The van der Waals surface area contributed by atoms with Gasteiger partial charge in [0.2, 0.25) is 0 Å². The Balaban J connectivity index is 0. The van der Waals surface area contributed by atoms with Gasteiger partial charge in [0.05, 0.1) is 0 Å². The van der Waals surface area contributed by atoms with E-state index in [0.29, 0.717) is 24.8 Å². The second-order valence-electron chi connectivity index (χ2n) is 4.78. The standard InChI is InChI=1S/C10H19NO2.C6H10O3/c1-4-11(5-2)8-6-7-9(3)10(12)13;1-5(6(8)9)3-2-4-7/h3-8H2,1-2H3,(H,12,13);7H,1-4H2,(H,8,9). The van der Waals surface area contributed by atoms with Crippen LogP contribution in [0.4, 0.5) is 0 Å². The third-order valence-electron chi connectivity index (χ3n) is 3.09. The molecule has 0 aromatic carbocycles. The Kier molecular flexibility index (Phi) is 14.7. The molecule has 0 amide bonds. The molecule has 0 radical (unpaired) electrons. The van der Waals surface area contributed by atoms with E-state index in [4.69, 9.17) is 15.3 Å². The number of aliphatic hydroxyl groups excluding tert-OH is 1. The lowest BCUT2D eigenvalue weighted by molar-refractivity contribution is -0.133. The Hall–Kier alpha value is -1.66. The number of carboxylic acids is 2. The maximum Gasteiger partial charge on any atom is 0.330 e. The quantitative estimate of drug-likeness (QED) is 0.505. The van der Waals surface area contributed by atoms with E-state index in [0.717, 1.165) is 26.1 Å². The van der Waals surface area contributed by atoms with Crippen molar-refractivity contribution in [1.82, 2.24) is 4.90 Å². The van der Waals surface area contributed by atoms with Crippen molar-refractivity contribution in [3.63, 3.8) is 0 Å². The molecule has 0 unspecified atom stereocenters. The molecule has 0 spiro atoms. The first kappa shape index (κ1) is 22.6. The second kappa shape index (κ2) is 14.3. The molecular formula is C16H29NO5. The molecule has 22 heavy (non-hydrogen) atoms. The van der Waals surface area contributed by atoms with Crippen LogP contribution in [0.1, 0.15) is 39.5 Å². The van der Waals surface area contributed by atoms with Gasteiger partial charge in [-0.15, -0.1) is 0 Å². The van der Waals surface area contributed by atoms with Crippen molar-refractivity contribution in [2.45, 2.75) is 39.5 Å². The van der Waals surface area contributed by atoms with Crippen LogP contribution in [0.5, 0.6) is 0 Å². The largest absolute Gasteiger partial charge is 0.478 e. The van der Waals surface area contributed by atoms with E-state index >= 15 is 0 Å². The zero-order chi connectivity index (χ0) is 17.5. The topological polar surface area (TPSA) is 98.1 Å². The highest BCUT2D eigenvalue weighted by Crippen LogP contribution is 2.03. The average Bonchev–Trinajstić information content (AvgIpc) is 2.49. The van der Waals surface area contributed by atoms with Crippen molar-refractivity contribution in [2.75, 3.05) is 26.2 Å². The summed E-state index contributed by atoms with van der Waals surface area (Å²) in [5.41, 5.74) is 0.469. The molecule has 128 valence electrons. The van der Waals surface area contributed by atoms with Crippen LogP contribution in [0, 0.1) is 0 Å². The smallest absolute Gasteiger partial charge is 0.330 e. The van der Waals surface area contributed by atoms with Crippen LogP contribution < -0.4 is 0 Å². The van der Waals surface area contributed by atoms with E-state index < -0.39 is 11.9 Å². The minimum Gasteiger partial charge on any atom is -0.478 e. The van der Waals surface area contributed by atoms with Gasteiger partial charge in [0, 0.05) is 17.8 Å². The number of aliphatic carboxylic acids is 2. The van der Waals surface area contributed by atoms with Gasteiger partial charge in [0.25, 0.3) is 0 Å². The minimum absolute atomic E-state index is 0.0201. The van der Waals surface area contributed by atoms with Gasteiger partial charge in [0.15, 0.2) is 0 Å². The Morgan fingerprint density at radius 3 is 1.64 bits per heavy atom. The molecule has 0 fully saturated rings. The van der Waals surface area contributed by atoms with Crippen molar-refractivity contribution in [1.29, 1.82) is 0 Å². The van der Waals surface area contributed by atoms with Crippen molar-refractivity contribution >= 4 is 11.9 Å². The average molecular weight is 315 g/mol. The van der Waals surface area contributed by atoms with Gasteiger partial charge < -0.3 is 20.2 Å². The minimum atomic E-state index is -0.983. The number of nitrogens with zero attached hydrogens (tertiary/aromatic N) is 1. The zero-order valence-electron chi connectivity index (χ0n) is 13.7. The van der Waals surface area contributed by atoms with E-state index in [9.17, 15) is 9.59 Å². The Bertz CT molecular complexity index is 362. The van der Waals surface area contributed by atoms with Gasteiger partial charge in [-0.05, 0) is 45.3 Å². The zero-order valence-corrected chi connectivity index (χ0v) is 13.7. The highest BCUT2D eigenvalue weighted by Gasteiger charge is 2.04. The molecule has 0 saturated heterocycles. The van der Waals surface area contributed by atoms with E-state index in [1.54, 1.807) is 0 Å². The van der Waals surface area contributed by atoms with Crippen LogP contribution in [-0.4, -0.2) is 58.4 Å². The second-order valence-corrected chi connectivity index (χ2v) is 4.78. The molecule has 0 rings (SSSR count). The molecule has 0 aliphatic heterocycles. The molecule has 0 aromatic heterocycles. The maximum absolute atomic E-state index is 10.4. The van der Waals surface area contributed by atoms with E-state index in [-0.39, 0.29) is 12.2 Å². The van der Waals surface area contributed by atoms with Crippen molar-refractivity contribution < 1.29 is 24.9 Å². The van der Waals surface area contributed by atoms with Crippen LogP contribution in [0.15, 0.2) is 24.3 Å². The highest BCUT2D eigenvalue weighted by molar-refractivity contribution is 5.85. The van der Waals surface area contributed by atoms with Crippen LogP contribution in [0.2, 0.25) is 0 Å². The summed E-state index contributed by atoms with van der Waals surface area (Å²) in [5.74, 6) is -1.86. The van der Waals surface area contributed by atoms with Crippen LogP contribution in [-0.2, 0) is 9.59 Å². The molecule has 6 nitrogen and oxygen atoms in total. The van der Waals surface area contributed by atoms with Crippen LogP contribution >= 0.6 is 0 Å². The summed E-state index contributed by atoms with van der Waals surface area (Å²) < 4.78 is 0. The summed E-state index contributed by atoms with van der Waals surface area (Å²) >= 11 is 0. The van der Waals surface area contributed by atoms with Crippen molar-refractivity contribution in [3.8, 4) is 0 Å². The highest BCUT2D eigenvalue weighted by atomic mass is 16.4. The van der Waals surface area contributed by atoms with E-state index in [1.165, 1.54) is 0 Å². The summed E-state index contributed by atoms with van der Waals surface area (Å²) in [4.78, 5) is 22.7. The molecule has 0 aliphatic carbocycles. The first-order chi connectivity index (χ1) is 10.3. The van der Waals surface area contributed by atoms with Crippen molar-refractivity contribution in [3.05, 3.63) is 24.3 Å². The summed E-state index contributed by atoms with van der Waals surface area (Å²) in [5, 5.41) is 25.0.